The van der Waals surface area contributed by atoms with Crippen molar-refractivity contribution in [2.75, 3.05) is 13.7 Å². The van der Waals surface area contributed by atoms with Gasteiger partial charge in [0.25, 0.3) is 5.91 Å². The number of hydrogen-bond donors (Lipinski definition) is 1. The van der Waals surface area contributed by atoms with Gasteiger partial charge in [-0.1, -0.05) is 35.4 Å². The van der Waals surface area contributed by atoms with Gasteiger partial charge in [-0.3, -0.25) is 4.79 Å². The Hall–Kier alpha value is -2.29. The summed E-state index contributed by atoms with van der Waals surface area (Å²) in [5, 5.41) is 3.02. The number of aryl methyl sites for hydroxylation is 4. The largest absolute Gasteiger partial charge is 0.496 e. The van der Waals surface area contributed by atoms with Crippen LogP contribution in [-0.4, -0.2) is 19.6 Å². The van der Waals surface area contributed by atoms with Crippen LogP contribution in [0.1, 0.15) is 38.2 Å². The van der Waals surface area contributed by atoms with Crippen LogP contribution in [0.15, 0.2) is 30.3 Å². The number of methoxy groups -OCH3 is 1. The summed E-state index contributed by atoms with van der Waals surface area (Å²) >= 11 is 0. The average molecular weight is 311 g/mol. The highest BCUT2D eigenvalue weighted by atomic mass is 16.5. The van der Waals surface area contributed by atoms with Gasteiger partial charge in [-0.05, 0) is 56.9 Å². The van der Waals surface area contributed by atoms with Crippen LogP contribution >= 0.6 is 0 Å². The number of hydrogen-bond acceptors (Lipinski definition) is 2. The molecule has 1 amide bonds. The van der Waals surface area contributed by atoms with Crippen molar-refractivity contribution in [2.24, 2.45) is 0 Å². The summed E-state index contributed by atoms with van der Waals surface area (Å²) in [7, 11) is 1.67. The Bertz CT molecular complexity index is 697. The fourth-order valence-corrected chi connectivity index (χ4v) is 3.04. The molecule has 0 fully saturated rings. The first-order valence-electron chi connectivity index (χ1n) is 7.92. The van der Waals surface area contributed by atoms with Crippen LogP contribution in [0, 0.1) is 27.7 Å². The topological polar surface area (TPSA) is 38.3 Å². The van der Waals surface area contributed by atoms with Crippen molar-refractivity contribution >= 4 is 5.91 Å². The maximum atomic E-state index is 12.5. The van der Waals surface area contributed by atoms with Crippen molar-refractivity contribution in [1.29, 1.82) is 0 Å². The Kier molecular flexibility index (Phi) is 5.43. The van der Waals surface area contributed by atoms with Gasteiger partial charge >= 0.3 is 0 Å². The van der Waals surface area contributed by atoms with Crippen LogP contribution in [0.5, 0.6) is 5.75 Å². The Balaban J connectivity index is 2.05. The summed E-state index contributed by atoms with van der Waals surface area (Å²) in [5.74, 6) is 0.860. The summed E-state index contributed by atoms with van der Waals surface area (Å²) in [6, 6.07) is 10.2. The molecule has 122 valence electrons. The molecule has 0 saturated carbocycles. The second kappa shape index (κ2) is 7.32. The molecule has 0 heterocycles. The van der Waals surface area contributed by atoms with Crippen LogP contribution in [0.4, 0.5) is 0 Å². The molecule has 0 bridgehead atoms. The van der Waals surface area contributed by atoms with Crippen molar-refractivity contribution in [3.8, 4) is 5.75 Å². The molecule has 0 aliphatic heterocycles. The minimum atomic E-state index is -0.00776. The van der Waals surface area contributed by atoms with E-state index in [0.717, 1.165) is 34.4 Å². The number of benzene rings is 2. The standard InChI is InChI=1S/C20H25NO2/c1-13-6-7-18(23-5)17(12-13)8-9-21-20(22)19-15(3)10-14(2)11-16(19)4/h6-7,10-12H,8-9H2,1-5H3,(H,21,22). The molecule has 3 heteroatoms. The first kappa shape index (κ1) is 17.1. The van der Waals surface area contributed by atoms with Gasteiger partial charge in [0.2, 0.25) is 0 Å². The number of rotatable bonds is 5. The number of ether oxygens (including phenoxy) is 1. The molecular weight excluding hydrogens is 286 g/mol. The maximum absolute atomic E-state index is 12.5. The molecule has 23 heavy (non-hydrogen) atoms. The van der Waals surface area contributed by atoms with E-state index in [9.17, 15) is 4.79 Å². The van der Waals surface area contributed by atoms with Gasteiger partial charge in [-0.25, -0.2) is 0 Å². The molecule has 0 aromatic heterocycles. The second-order valence-corrected chi connectivity index (χ2v) is 6.09. The van der Waals surface area contributed by atoms with E-state index in [1.54, 1.807) is 7.11 Å². The van der Waals surface area contributed by atoms with Crippen molar-refractivity contribution in [3.05, 3.63) is 63.7 Å². The summed E-state index contributed by atoms with van der Waals surface area (Å²) in [5.41, 5.74) is 6.32. The quantitative estimate of drug-likeness (QED) is 0.909. The Morgan fingerprint density at radius 1 is 1.00 bits per heavy atom. The molecule has 0 aliphatic carbocycles. The lowest BCUT2D eigenvalue weighted by Gasteiger charge is -2.13. The highest BCUT2D eigenvalue weighted by molar-refractivity contribution is 5.97. The Labute approximate surface area is 138 Å². The smallest absolute Gasteiger partial charge is 0.251 e. The van der Waals surface area contributed by atoms with Gasteiger partial charge in [0.05, 0.1) is 7.11 Å². The number of carbonyl (C=O) groups is 1. The van der Waals surface area contributed by atoms with E-state index in [0.29, 0.717) is 6.54 Å². The van der Waals surface area contributed by atoms with Crippen molar-refractivity contribution in [1.82, 2.24) is 5.32 Å². The maximum Gasteiger partial charge on any atom is 0.251 e. The fraction of sp³-hybridized carbons (Fsp3) is 0.350. The third kappa shape index (κ3) is 4.13. The summed E-state index contributed by atoms with van der Waals surface area (Å²) in [6.07, 6.45) is 0.751. The lowest BCUT2D eigenvalue weighted by molar-refractivity contribution is 0.0953. The first-order chi connectivity index (χ1) is 10.9. The Morgan fingerprint density at radius 2 is 1.65 bits per heavy atom. The second-order valence-electron chi connectivity index (χ2n) is 6.09. The molecule has 0 radical (unpaired) electrons. The molecule has 3 nitrogen and oxygen atoms in total. The van der Waals surface area contributed by atoms with Crippen molar-refractivity contribution in [3.63, 3.8) is 0 Å². The van der Waals surface area contributed by atoms with Gasteiger partial charge in [0.1, 0.15) is 5.75 Å². The SMILES string of the molecule is COc1ccc(C)cc1CCNC(=O)c1c(C)cc(C)cc1C. The highest BCUT2D eigenvalue weighted by Gasteiger charge is 2.12. The predicted molar refractivity (Wildman–Crippen MR) is 94.4 cm³/mol. The first-order valence-corrected chi connectivity index (χ1v) is 7.92. The average Bonchev–Trinajstić information content (AvgIpc) is 2.46. The van der Waals surface area contributed by atoms with Crippen molar-refractivity contribution < 1.29 is 9.53 Å². The normalized spacial score (nSPS) is 10.5. The van der Waals surface area contributed by atoms with Crippen LogP contribution in [0.25, 0.3) is 0 Å². The molecule has 0 aliphatic rings. The van der Waals surface area contributed by atoms with E-state index in [1.165, 1.54) is 11.1 Å². The zero-order valence-electron chi connectivity index (χ0n) is 14.6. The Morgan fingerprint density at radius 3 is 2.26 bits per heavy atom. The fourth-order valence-electron chi connectivity index (χ4n) is 3.04. The molecule has 0 atom stereocenters. The molecule has 2 aromatic carbocycles. The minimum absolute atomic E-state index is 0.00776. The van der Waals surface area contributed by atoms with Gasteiger partial charge in [0.15, 0.2) is 0 Å². The van der Waals surface area contributed by atoms with Gasteiger partial charge in [-0.15, -0.1) is 0 Å². The number of nitrogens with one attached hydrogen (secondary N) is 1. The molecule has 0 spiro atoms. The monoisotopic (exact) mass is 311 g/mol. The summed E-state index contributed by atoms with van der Waals surface area (Å²) in [6.45, 7) is 8.66. The van der Waals surface area contributed by atoms with Gasteiger partial charge < -0.3 is 10.1 Å². The molecule has 0 saturated heterocycles. The lowest BCUT2D eigenvalue weighted by Crippen LogP contribution is -2.27. The van der Waals surface area contributed by atoms with Gasteiger partial charge in [-0.2, -0.15) is 0 Å². The van der Waals surface area contributed by atoms with E-state index in [2.05, 4.69) is 18.3 Å². The summed E-state index contributed by atoms with van der Waals surface area (Å²) in [4.78, 5) is 12.5. The molecule has 2 aromatic rings. The number of amides is 1. The predicted octanol–water partition coefficient (Wildman–Crippen LogP) is 3.90. The van der Waals surface area contributed by atoms with Crippen LogP contribution in [0.3, 0.4) is 0 Å². The third-order valence-electron chi connectivity index (χ3n) is 4.02. The molecule has 1 N–H and O–H groups in total. The van der Waals surface area contributed by atoms with E-state index in [-0.39, 0.29) is 5.91 Å². The van der Waals surface area contributed by atoms with Crippen LogP contribution in [0.2, 0.25) is 0 Å². The van der Waals surface area contributed by atoms with E-state index in [1.807, 2.05) is 45.0 Å². The zero-order valence-corrected chi connectivity index (χ0v) is 14.6. The van der Waals surface area contributed by atoms with Crippen LogP contribution in [-0.2, 0) is 6.42 Å². The van der Waals surface area contributed by atoms with E-state index >= 15 is 0 Å². The van der Waals surface area contributed by atoms with Gasteiger partial charge in [0, 0.05) is 12.1 Å². The number of carbonyl (C=O) groups excluding carboxylic acids is 1. The molecular formula is C20H25NO2. The summed E-state index contributed by atoms with van der Waals surface area (Å²) < 4.78 is 5.38. The lowest BCUT2D eigenvalue weighted by atomic mass is 9.99. The van der Waals surface area contributed by atoms with Crippen molar-refractivity contribution in [2.45, 2.75) is 34.1 Å². The molecule has 0 unspecified atom stereocenters. The molecule has 2 rings (SSSR count). The minimum Gasteiger partial charge on any atom is -0.496 e. The van der Waals surface area contributed by atoms with E-state index in [4.69, 9.17) is 4.74 Å². The van der Waals surface area contributed by atoms with Crippen LogP contribution < -0.4 is 10.1 Å². The third-order valence-corrected chi connectivity index (χ3v) is 4.02. The zero-order chi connectivity index (χ0) is 17.0. The van der Waals surface area contributed by atoms with E-state index < -0.39 is 0 Å². The highest BCUT2D eigenvalue weighted by Crippen LogP contribution is 2.20.